The standard InChI is InChI=1S/C10H5BrClFN2S/c11-6-1-3-7(4-2-6)16-9-8(13)5-14-10(12)15-9/h1-5H. The summed E-state index contributed by atoms with van der Waals surface area (Å²) in [5, 5.41) is 0.267. The van der Waals surface area contributed by atoms with Gasteiger partial charge in [-0.3, -0.25) is 0 Å². The van der Waals surface area contributed by atoms with E-state index in [1.54, 1.807) is 0 Å². The predicted octanol–water partition coefficient (Wildman–Crippen LogP) is 4.18. The molecule has 6 heteroatoms. The van der Waals surface area contributed by atoms with Crippen LogP contribution in [0.25, 0.3) is 0 Å². The molecule has 0 aliphatic rings. The Morgan fingerprint density at radius 3 is 2.62 bits per heavy atom. The van der Waals surface area contributed by atoms with Gasteiger partial charge in [0.25, 0.3) is 0 Å². The Morgan fingerprint density at radius 2 is 1.94 bits per heavy atom. The maximum absolute atomic E-state index is 13.3. The second-order valence-corrected chi connectivity index (χ2v) is 5.16. The highest BCUT2D eigenvalue weighted by molar-refractivity contribution is 9.10. The van der Waals surface area contributed by atoms with Gasteiger partial charge in [0.15, 0.2) is 5.82 Å². The summed E-state index contributed by atoms with van der Waals surface area (Å²) in [5.41, 5.74) is 0. The fourth-order valence-electron chi connectivity index (χ4n) is 1.02. The molecule has 1 aromatic carbocycles. The minimum absolute atomic E-state index is 0.0426. The van der Waals surface area contributed by atoms with Crippen molar-refractivity contribution in [2.45, 2.75) is 9.92 Å². The van der Waals surface area contributed by atoms with Gasteiger partial charge in [-0.2, -0.15) is 0 Å². The van der Waals surface area contributed by atoms with Gasteiger partial charge in [-0.25, -0.2) is 14.4 Å². The van der Waals surface area contributed by atoms with Gasteiger partial charge in [-0.1, -0.05) is 27.7 Å². The molecule has 0 unspecified atom stereocenters. The molecule has 16 heavy (non-hydrogen) atoms. The molecule has 2 aromatic rings. The third-order valence-corrected chi connectivity index (χ3v) is 3.41. The molecule has 0 aliphatic carbocycles. The molecular formula is C10H5BrClFN2S. The van der Waals surface area contributed by atoms with E-state index in [1.807, 2.05) is 24.3 Å². The maximum atomic E-state index is 13.3. The van der Waals surface area contributed by atoms with E-state index >= 15 is 0 Å². The van der Waals surface area contributed by atoms with E-state index in [4.69, 9.17) is 11.6 Å². The first-order chi connectivity index (χ1) is 7.65. The zero-order valence-electron chi connectivity index (χ0n) is 7.82. The van der Waals surface area contributed by atoms with E-state index in [0.717, 1.165) is 15.6 Å². The SMILES string of the molecule is Fc1cnc(Cl)nc1Sc1ccc(Br)cc1. The Balaban J connectivity index is 2.26. The van der Waals surface area contributed by atoms with Crippen molar-refractivity contribution in [3.63, 3.8) is 0 Å². The quantitative estimate of drug-likeness (QED) is 0.613. The molecule has 0 saturated carbocycles. The first-order valence-corrected chi connectivity index (χ1v) is 6.25. The molecule has 1 heterocycles. The van der Waals surface area contributed by atoms with E-state index in [2.05, 4.69) is 25.9 Å². The van der Waals surface area contributed by atoms with E-state index < -0.39 is 5.82 Å². The van der Waals surface area contributed by atoms with Gasteiger partial charge in [0.2, 0.25) is 5.28 Å². The topological polar surface area (TPSA) is 25.8 Å². The molecule has 82 valence electrons. The number of aromatic nitrogens is 2. The largest absolute Gasteiger partial charge is 0.223 e. The molecule has 2 nitrogen and oxygen atoms in total. The molecule has 0 aliphatic heterocycles. The van der Waals surface area contributed by atoms with Crippen molar-refractivity contribution < 1.29 is 4.39 Å². The molecule has 0 fully saturated rings. The Labute approximate surface area is 109 Å². The van der Waals surface area contributed by atoms with Gasteiger partial charge in [0.1, 0.15) is 5.03 Å². The van der Waals surface area contributed by atoms with Crippen LogP contribution in [0, 0.1) is 5.82 Å². The number of hydrogen-bond donors (Lipinski definition) is 0. The molecule has 0 bridgehead atoms. The molecule has 2 rings (SSSR count). The molecule has 0 N–H and O–H groups in total. The third-order valence-electron chi connectivity index (χ3n) is 1.71. The summed E-state index contributed by atoms with van der Waals surface area (Å²) in [6, 6.07) is 7.49. The lowest BCUT2D eigenvalue weighted by molar-refractivity contribution is 0.579. The molecule has 1 aromatic heterocycles. The number of benzene rings is 1. The maximum Gasteiger partial charge on any atom is 0.223 e. The van der Waals surface area contributed by atoms with Crippen molar-refractivity contribution in [2.24, 2.45) is 0 Å². The molecule has 0 atom stereocenters. The minimum Gasteiger partial charge on any atom is -0.223 e. The first kappa shape index (κ1) is 11.8. The van der Waals surface area contributed by atoms with Gasteiger partial charge in [0, 0.05) is 9.37 Å². The van der Waals surface area contributed by atoms with Crippen LogP contribution in [0.4, 0.5) is 4.39 Å². The van der Waals surface area contributed by atoms with Gasteiger partial charge in [-0.05, 0) is 35.9 Å². The predicted molar refractivity (Wildman–Crippen MR) is 65.3 cm³/mol. The van der Waals surface area contributed by atoms with Crippen LogP contribution in [0.3, 0.4) is 0 Å². The van der Waals surface area contributed by atoms with Gasteiger partial charge in [-0.15, -0.1) is 0 Å². The average Bonchev–Trinajstić information content (AvgIpc) is 2.27. The van der Waals surface area contributed by atoms with Crippen LogP contribution in [0.5, 0.6) is 0 Å². The highest BCUT2D eigenvalue weighted by Crippen LogP contribution is 2.29. The number of rotatable bonds is 2. The zero-order chi connectivity index (χ0) is 11.5. The Bertz CT molecular complexity index is 507. The highest BCUT2D eigenvalue weighted by Gasteiger charge is 2.07. The van der Waals surface area contributed by atoms with Crippen LogP contribution in [0.15, 0.2) is 44.9 Å². The average molecular weight is 320 g/mol. The van der Waals surface area contributed by atoms with Crippen LogP contribution in [-0.4, -0.2) is 9.97 Å². The molecule has 0 radical (unpaired) electrons. The summed E-state index contributed by atoms with van der Waals surface area (Å²) in [4.78, 5) is 8.26. The lowest BCUT2D eigenvalue weighted by Crippen LogP contribution is -1.90. The van der Waals surface area contributed by atoms with Crippen molar-refractivity contribution in [2.75, 3.05) is 0 Å². The van der Waals surface area contributed by atoms with E-state index in [0.29, 0.717) is 0 Å². The third kappa shape index (κ3) is 2.93. The molecule has 0 spiro atoms. The van der Waals surface area contributed by atoms with E-state index in [-0.39, 0.29) is 10.3 Å². The van der Waals surface area contributed by atoms with E-state index in [9.17, 15) is 4.39 Å². The highest BCUT2D eigenvalue weighted by atomic mass is 79.9. The number of hydrogen-bond acceptors (Lipinski definition) is 3. The lowest BCUT2D eigenvalue weighted by atomic mass is 10.4. The second-order valence-electron chi connectivity index (χ2n) is 2.85. The fourth-order valence-corrected chi connectivity index (χ4v) is 2.24. The van der Waals surface area contributed by atoms with Crippen LogP contribution in [0.2, 0.25) is 5.28 Å². The summed E-state index contributed by atoms with van der Waals surface area (Å²) in [6.07, 6.45) is 1.07. The van der Waals surface area contributed by atoms with Gasteiger partial charge < -0.3 is 0 Å². The van der Waals surface area contributed by atoms with E-state index in [1.165, 1.54) is 11.8 Å². The number of halogens is 3. The van der Waals surface area contributed by atoms with Crippen molar-refractivity contribution in [3.8, 4) is 0 Å². The smallest absolute Gasteiger partial charge is 0.223 e. The Morgan fingerprint density at radius 1 is 1.25 bits per heavy atom. The van der Waals surface area contributed by atoms with Crippen molar-refractivity contribution in [3.05, 3.63) is 46.0 Å². The van der Waals surface area contributed by atoms with Crippen LogP contribution < -0.4 is 0 Å². The normalized spacial score (nSPS) is 10.4. The Hall–Kier alpha value is -0.650. The first-order valence-electron chi connectivity index (χ1n) is 4.26. The number of nitrogens with zero attached hydrogens (tertiary/aromatic N) is 2. The summed E-state index contributed by atoms with van der Waals surface area (Å²) >= 11 is 10.1. The molecule has 0 saturated heterocycles. The lowest BCUT2D eigenvalue weighted by Gasteiger charge is -2.02. The van der Waals surface area contributed by atoms with Crippen molar-refractivity contribution in [1.29, 1.82) is 0 Å². The monoisotopic (exact) mass is 318 g/mol. The van der Waals surface area contributed by atoms with Crippen LogP contribution >= 0.6 is 39.3 Å². The van der Waals surface area contributed by atoms with Crippen molar-refractivity contribution >= 4 is 39.3 Å². The van der Waals surface area contributed by atoms with Crippen molar-refractivity contribution in [1.82, 2.24) is 9.97 Å². The van der Waals surface area contributed by atoms with Crippen LogP contribution in [-0.2, 0) is 0 Å². The molecule has 0 amide bonds. The summed E-state index contributed by atoms with van der Waals surface area (Å²) < 4.78 is 14.3. The van der Waals surface area contributed by atoms with Gasteiger partial charge >= 0.3 is 0 Å². The fraction of sp³-hybridized carbons (Fsp3) is 0. The summed E-state index contributed by atoms with van der Waals surface area (Å²) in [6.45, 7) is 0. The summed E-state index contributed by atoms with van der Waals surface area (Å²) in [5.74, 6) is -0.475. The second kappa shape index (κ2) is 5.12. The zero-order valence-corrected chi connectivity index (χ0v) is 11.0. The summed E-state index contributed by atoms with van der Waals surface area (Å²) in [7, 11) is 0. The van der Waals surface area contributed by atoms with Crippen LogP contribution in [0.1, 0.15) is 0 Å². The molecular weight excluding hydrogens is 315 g/mol. The Kier molecular flexibility index (Phi) is 3.78. The minimum atomic E-state index is -0.475. The van der Waals surface area contributed by atoms with Gasteiger partial charge in [0.05, 0.1) is 6.20 Å².